The first-order chi connectivity index (χ1) is 14.0. The zero-order chi connectivity index (χ0) is 21.2. The van der Waals surface area contributed by atoms with Crippen LogP contribution in [-0.4, -0.2) is 83.8 Å². The van der Waals surface area contributed by atoms with Crippen molar-refractivity contribution in [2.24, 2.45) is 4.99 Å². The molecule has 0 amide bonds. The summed E-state index contributed by atoms with van der Waals surface area (Å²) in [6.07, 6.45) is 0.345. The highest BCUT2D eigenvalue weighted by Gasteiger charge is 2.28. The van der Waals surface area contributed by atoms with Crippen LogP contribution in [-0.2, 0) is 0 Å². The van der Waals surface area contributed by atoms with E-state index in [9.17, 15) is 15.2 Å². The van der Waals surface area contributed by atoms with Crippen LogP contribution in [0, 0.1) is 10.1 Å². The minimum absolute atomic E-state index is 0.00593. The van der Waals surface area contributed by atoms with Gasteiger partial charge in [0, 0.05) is 37.8 Å². The van der Waals surface area contributed by atoms with Gasteiger partial charge in [0.25, 0.3) is 5.69 Å². The van der Waals surface area contributed by atoms with Crippen LogP contribution in [0.2, 0.25) is 0 Å². The quantitative estimate of drug-likeness (QED) is 0.263. The lowest BCUT2D eigenvalue weighted by atomic mass is 10.2. The summed E-state index contributed by atoms with van der Waals surface area (Å²) in [6.45, 7) is 11.4. The summed E-state index contributed by atoms with van der Waals surface area (Å²) in [6, 6.07) is 6.33. The highest BCUT2D eigenvalue weighted by molar-refractivity contribution is 5.80. The Labute approximate surface area is 172 Å². The molecule has 1 aromatic rings. The number of rotatable bonds is 10. The van der Waals surface area contributed by atoms with E-state index in [1.807, 2.05) is 6.92 Å². The van der Waals surface area contributed by atoms with Crippen molar-refractivity contribution < 1.29 is 14.8 Å². The highest BCUT2D eigenvalue weighted by Crippen LogP contribution is 2.18. The van der Waals surface area contributed by atoms with Crippen molar-refractivity contribution in [3.63, 3.8) is 0 Å². The largest absolute Gasteiger partial charge is 0.491 e. The molecule has 0 aliphatic carbocycles. The number of benzene rings is 1. The van der Waals surface area contributed by atoms with Gasteiger partial charge >= 0.3 is 0 Å². The van der Waals surface area contributed by atoms with Gasteiger partial charge in [-0.1, -0.05) is 13.8 Å². The van der Waals surface area contributed by atoms with Crippen molar-refractivity contribution in [3.05, 3.63) is 34.4 Å². The minimum Gasteiger partial charge on any atom is -0.491 e. The molecule has 162 valence electrons. The zero-order valence-corrected chi connectivity index (χ0v) is 17.6. The molecule has 1 heterocycles. The van der Waals surface area contributed by atoms with E-state index >= 15 is 0 Å². The Hall–Kier alpha value is -2.39. The number of hydrogen-bond donors (Lipinski definition) is 2. The smallest absolute Gasteiger partial charge is 0.269 e. The van der Waals surface area contributed by atoms with Crippen LogP contribution in [0.3, 0.4) is 0 Å². The average molecular weight is 408 g/mol. The molecule has 2 unspecified atom stereocenters. The zero-order valence-electron chi connectivity index (χ0n) is 17.6. The van der Waals surface area contributed by atoms with E-state index < -0.39 is 11.0 Å². The molecule has 2 rings (SSSR count). The Kier molecular flexibility index (Phi) is 9.14. The number of aliphatic hydroxyl groups excluding tert-OH is 1. The Morgan fingerprint density at radius 3 is 2.66 bits per heavy atom. The summed E-state index contributed by atoms with van der Waals surface area (Å²) in [7, 11) is 0. The number of nitro benzene ring substituents is 1. The lowest BCUT2D eigenvalue weighted by Crippen LogP contribution is -2.43. The maximum Gasteiger partial charge on any atom is 0.269 e. The Bertz CT molecular complexity index is 663. The minimum atomic E-state index is -0.764. The lowest BCUT2D eigenvalue weighted by molar-refractivity contribution is -0.384. The van der Waals surface area contributed by atoms with Gasteiger partial charge in [0.1, 0.15) is 18.5 Å². The van der Waals surface area contributed by atoms with Crippen LogP contribution in [0.4, 0.5) is 5.69 Å². The predicted octanol–water partition coefficient (Wildman–Crippen LogP) is 1.72. The van der Waals surface area contributed by atoms with Gasteiger partial charge in [-0.05, 0) is 38.6 Å². The maximum atomic E-state index is 10.7. The third-order valence-corrected chi connectivity index (χ3v) is 5.07. The van der Waals surface area contributed by atoms with Crippen LogP contribution in [0.15, 0.2) is 29.3 Å². The van der Waals surface area contributed by atoms with Gasteiger partial charge in [-0.25, -0.2) is 0 Å². The van der Waals surface area contributed by atoms with Gasteiger partial charge in [0.2, 0.25) is 0 Å². The van der Waals surface area contributed by atoms with Gasteiger partial charge in [0.15, 0.2) is 5.96 Å². The van der Waals surface area contributed by atoms with E-state index in [2.05, 4.69) is 34.0 Å². The normalized spacial score (nSPS) is 18.2. The number of nitrogens with zero attached hydrogens (tertiary/aromatic N) is 4. The van der Waals surface area contributed by atoms with Gasteiger partial charge < -0.3 is 20.1 Å². The SMILES string of the molecule is CCNC(=NCC(O)COc1ccc([N+](=O)[O-])cc1)N1CCC(N(CC)CC)C1. The van der Waals surface area contributed by atoms with Crippen molar-refractivity contribution in [1.29, 1.82) is 0 Å². The molecular formula is C20H33N5O4. The van der Waals surface area contributed by atoms with E-state index in [-0.39, 0.29) is 18.8 Å². The molecule has 1 aliphatic heterocycles. The number of aliphatic hydroxyl groups is 1. The fourth-order valence-electron chi connectivity index (χ4n) is 3.50. The number of aliphatic imine (C=N–C) groups is 1. The number of likely N-dealkylation sites (tertiary alicyclic amines) is 1. The van der Waals surface area contributed by atoms with Crippen molar-refractivity contribution in [1.82, 2.24) is 15.1 Å². The second-order valence-corrected chi connectivity index (χ2v) is 7.02. The maximum absolute atomic E-state index is 10.7. The number of likely N-dealkylation sites (N-methyl/N-ethyl adjacent to an activating group) is 1. The van der Waals surface area contributed by atoms with Crippen molar-refractivity contribution >= 4 is 11.6 Å². The molecule has 9 heteroatoms. The van der Waals surface area contributed by atoms with Crippen LogP contribution in [0.5, 0.6) is 5.75 Å². The summed E-state index contributed by atoms with van der Waals surface area (Å²) in [5, 5.41) is 24.2. The van der Waals surface area contributed by atoms with E-state index in [0.717, 1.165) is 45.1 Å². The fourth-order valence-corrected chi connectivity index (χ4v) is 3.50. The van der Waals surface area contributed by atoms with Gasteiger partial charge in [-0.2, -0.15) is 0 Å². The van der Waals surface area contributed by atoms with Gasteiger partial charge in [-0.3, -0.25) is 20.0 Å². The fraction of sp³-hybridized carbons (Fsp3) is 0.650. The molecule has 2 N–H and O–H groups in total. The summed E-state index contributed by atoms with van der Waals surface area (Å²) < 4.78 is 5.52. The molecule has 29 heavy (non-hydrogen) atoms. The lowest BCUT2D eigenvalue weighted by Gasteiger charge is -2.27. The molecular weight excluding hydrogens is 374 g/mol. The van der Waals surface area contributed by atoms with E-state index in [1.54, 1.807) is 0 Å². The first-order valence-corrected chi connectivity index (χ1v) is 10.3. The first kappa shape index (κ1) is 22.9. The summed E-state index contributed by atoms with van der Waals surface area (Å²) in [5.41, 5.74) is 0.00593. The monoisotopic (exact) mass is 407 g/mol. The predicted molar refractivity (Wildman–Crippen MR) is 113 cm³/mol. The molecule has 0 saturated carbocycles. The molecule has 1 aromatic carbocycles. The Morgan fingerprint density at radius 2 is 2.07 bits per heavy atom. The van der Waals surface area contributed by atoms with E-state index in [4.69, 9.17) is 4.74 Å². The first-order valence-electron chi connectivity index (χ1n) is 10.3. The third kappa shape index (κ3) is 6.86. The number of nitrogens with one attached hydrogen (secondary N) is 1. The van der Waals surface area contributed by atoms with Crippen molar-refractivity contribution in [2.45, 2.75) is 39.3 Å². The molecule has 2 atom stereocenters. The van der Waals surface area contributed by atoms with Crippen LogP contribution in [0.1, 0.15) is 27.2 Å². The third-order valence-electron chi connectivity index (χ3n) is 5.07. The molecule has 0 bridgehead atoms. The molecule has 1 fully saturated rings. The molecule has 9 nitrogen and oxygen atoms in total. The highest BCUT2D eigenvalue weighted by atomic mass is 16.6. The molecule has 0 radical (unpaired) electrons. The van der Waals surface area contributed by atoms with E-state index in [0.29, 0.717) is 11.8 Å². The number of nitro groups is 1. The Balaban J connectivity index is 1.86. The number of guanidine groups is 1. The number of hydrogen-bond acceptors (Lipinski definition) is 6. The molecule has 0 spiro atoms. The van der Waals surface area contributed by atoms with Crippen LogP contribution < -0.4 is 10.1 Å². The summed E-state index contributed by atoms with van der Waals surface area (Å²) in [4.78, 5) is 19.5. The summed E-state index contributed by atoms with van der Waals surface area (Å²) >= 11 is 0. The second kappa shape index (κ2) is 11.6. The van der Waals surface area contributed by atoms with Crippen LogP contribution in [0.25, 0.3) is 0 Å². The van der Waals surface area contributed by atoms with Crippen molar-refractivity contribution in [2.75, 3.05) is 45.9 Å². The van der Waals surface area contributed by atoms with Gasteiger partial charge in [0.05, 0.1) is 11.5 Å². The van der Waals surface area contributed by atoms with E-state index in [1.165, 1.54) is 24.3 Å². The molecule has 1 saturated heterocycles. The molecule has 0 aromatic heterocycles. The average Bonchev–Trinajstić information content (AvgIpc) is 3.20. The van der Waals surface area contributed by atoms with Crippen LogP contribution >= 0.6 is 0 Å². The second-order valence-electron chi connectivity index (χ2n) is 7.02. The van der Waals surface area contributed by atoms with Gasteiger partial charge in [-0.15, -0.1) is 0 Å². The number of non-ortho nitro benzene ring substituents is 1. The van der Waals surface area contributed by atoms with Crippen molar-refractivity contribution in [3.8, 4) is 5.75 Å². The Morgan fingerprint density at radius 1 is 1.38 bits per heavy atom. The topological polar surface area (TPSA) is 103 Å². The molecule has 1 aliphatic rings. The summed E-state index contributed by atoms with van der Waals surface area (Å²) in [5.74, 6) is 1.30. The number of ether oxygens (including phenoxy) is 1. The standard InChI is InChI=1S/C20H33N5O4/c1-4-21-20(24-12-11-17(14-24)23(5-2)6-3)22-13-18(26)15-29-19-9-7-16(8-10-19)25(27)28/h7-10,17-18,26H,4-6,11-15H2,1-3H3,(H,21,22).